The van der Waals surface area contributed by atoms with Crippen LogP contribution in [0.3, 0.4) is 0 Å². The molecule has 10 heavy (non-hydrogen) atoms. The molecule has 0 saturated carbocycles. The Hall–Kier alpha value is -1.28. The predicted molar refractivity (Wildman–Crippen MR) is 37.2 cm³/mol. The maximum atomic E-state index is 9.52. The van der Waals surface area contributed by atoms with Gasteiger partial charge < -0.3 is 4.89 Å². The summed E-state index contributed by atoms with van der Waals surface area (Å²) in [5, 5.41) is 9.52. The molecule has 0 N–H and O–H groups in total. The molecule has 0 amide bonds. The topological polar surface area (TPSA) is 29.1 Å². The summed E-state index contributed by atoms with van der Waals surface area (Å²) in [5.41, 5.74) is 0.957. The van der Waals surface area contributed by atoms with Crippen LogP contribution in [-0.4, -0.2) is 0 Å². The first-order valence-electron chi connectivity index (χ1n) is 2.94. The molecule has 0 aliphatic rings. The zero-order valence-corrected chi connectivity index (χ0v) is 5.36. The largest absolute Gasteiger partial charge is 0.313 e. The van der Waals surface area contributed by atoms with Gasteiger partial charge in [0, 0.05) is 5.26 Å². The first-order chi connectivity index (χ1) is 4.93. The second-order valence-corrected chi connectivity index (χ2v) is 1.81. The second-order valence-electron chi connectivity index (χ2n) is 1.81. The monoisotopic (exact) mass is 135 g/mol. The van der Waals surface area contributed by atoms with Gasteiger partial charge in [0.15, 0.2) is 0 Å². The van der Waals surface area contributed by atoms with Crippen molar-refractivity contribution < 1.29 is 10.1 Å². The van der Waals surface area contributed by atoms with Crippen molar-refractivity contribution in [1.29, 1.82) is 0 Å². The van der Waals surface area contributed by atoms with Crippen molar-refractivity contribution in [2.45, 2.75) is 0 Å². The molecule has 51 valence electrons. The van der Waals surface area contributed by atoms with Crippen LogP contribution in [0.4, 0.5) is 0 Å². The fourth-order valence-corrected chi connectivity index (χ4v) is 0.670. The van der Waals surface area contributed by atoms with Crippen LogP contribution in [-0.2, 0) is 10.1 Å². The third-order valence-corrected chi connectivity index (χ3v) is 1.12. The van der Waals surface area contributed by atoms with Gasteiger partial charge >= 0.3 is 0 Å². The molecule has 0 fully saturated rings. The molecule has 1 aromatic carbocycles. The SMILES string of the molecule is [O]O/C=C/c1ccccc1. The Bertz CT molecular complexity index is 204. The van der Waals surface area contributed by atoms with Crippen LogP contribution in [0.25, 0.3) is 6.08 Å². The second kappa shape index (κ2) is 3.69. The molecule has 0 bridgehead atoms. The van der Waals surface area contributed by atoms with E-state index >= 15 is 0 Å². The van der Waals surface area contributed by atoms with Gasteiger partial charge in [0.25, 0.3) is 0 Å². The molecule has 2 nitrogen and oxygen atoms in total. The first kappa shape index (κ1) is 6.83. The molecule has 0 aromatic heterocycles. The quantitative estimate of drug-likeness (QED) is 0.346. The average molecular weight is 135 g/mol. The highest BCUT2D eigenvalue weighted by Crippen LogP contribution is 1.99. The molecule has 2 heteroatoms. The van der Waals surface area contributed by atoms with Gasteiger partial charge in [0.1, 0.15) is 6.26 Å². The van der Waals surface area contributed by atoms with Crippen molar-refractivity contribution in [2.75, 3.05) is 0 Å². The molecule has 0 spiro atoms. The Balaban J connectivity index is 2.67. The van der Waals surface area contributed by atoms with Gasteiger partial charge in [-0.05, 0) is 11.6 Å². The lowest BCUT2D eigenvalue weighted by Crippen LogP contribution is -1.68. The van der Waals surface area contributed by atoms with Crippen LogP contribution in [0.5, 0.6) is 0 Å². The van der Waals surface area contributed by atoms with E-state index in [1.54, 1.807) is 6.08 Å². The third kappa shape index (κ3) is 1.91. The number of hydrogen-bond acceptors (Lipinski definition) is 1. The highest BCUT2D eigenvalue weighted by Gasteiger charge is 1.80. The zero-order valence-electron chi connectivity index (χ0n) is 5.36. The number of benzene rings is 1. The van der Waals surface area contributed by atoms with E-state index in [-0.39, 0.29) is 0 Å². The number of rotatable bonds is 2. The van der Waals surface area contributed by atoms with Crippen molar-refractivity contribution in [1.82, 2.24) is 0 Å². The van der Waals surface area contributed by atoms with Gasteiger partial charge in [-0.3, -0.25) is 0 Å². The standard InChI is InChI=1S/C8H7O2/c9-10-7-6-8-4-2-1-3-5-8/h1-7H/b7-6+. The van der Waals surface area contributed by atoms with Gasteiger partial charge in [-0.25, -0.2) is 0 Å². The van der Waals surface area contributed by atoms with E-state index in [1.165, 1.54) is 0 Å². The summed E-state index contributed by atoms with van der Waals surface area (Å²) < 4.78 is 0. The highest BCUT2D eigenvalue weighted by atomic mass is 17.1. The van der Waals surface area contributed by atoms with Gasteiger partial charge in [-0.1, -0.05) is 30.3 Å². The summed E-state index contributed by atoms with van der Waals surface area (Å²) in [5.74, 6) is 0. The Morgan fingerprint density at radius 3 is 2.50 bits per heavy atom. The zero-order chi connectivity index (χ0) is 7.23. The maximum absolute atomic E-state index is 9.52. The summed E-state index contributed by atoms with van der Waals surface area (Å²) >= 11 is 0. The number of hydrogen-bond donors (Lipinski definition) is 0. The van der Waals surface area contributed by atoms with Gasteiger partial charge in [-0.15, -0.1) is 0 Å². The van der Waals surface area contributed by atoms with Crippen molar-refractivity contribution in [3.63, 3.8) is 0 Å². The van der Waals surface area contributed by atoms with Crippen molar-refractivity contribution in [2.24, 2.45) is 0 Å². The van der Waals surface area contributed by atoms with Crippen LogP contribution in [0.15, 0.2) is 36.6 Å². The lowest BCUT2D eigenvalue weighted by molar-refractivity contribution is -0.253. The smallest absolute Gasteiger partial charge is 0.133 e. The lowest BCUT2D eigenvalue weighted by atomic mass is 10.2. The minimum absolute atomic E-state index is 0.957. The average Bonchev–Trinajstić information content (AvgIpc) is 2.03. The molecule has 0 unspecified atom stereocenters. The van der Waals surface area contributed by atoms with Crippen LogP contribution >= 0.6 is 0 Å². The molecule has 1 radical (unpaired) electrons. The summed E-state index contributed by atoms with van der Waals surface area (Å²) in [6.07, 6.45) is 2.71. The van der Waals surface area contributed by atoms with E-state index in [0.717, 1.165) is 11.8 Å². The maximum Gasteiger partial charge on any atom is 0.133 e. The minimum Gasteiger partial charge on any atom is -0.313 e. The third-order valence-electron chi connectivity index (χ3n) is 1.12. The molecule has 0 aliphatic heterocycles. The highest BCUT2D eigenvalue weighted by molar-refractivity contribution is 5.47. The van der Waals surface area contributed by atoms with Crippen molar-refractivity contribution in [3.8, 4) is 0 Å². The minimum atomic E-state index is 0.957. The van der Waals surface area contributed by atoms with Gasteiger partial charge in [-0.2, -0.15) is 0 Å². The Morgan fingerprint density at radius 1 is 1.20 bits per heavy atom. The molecule has 0 saturated heterocycles. The molecular formula is C8H7O2. The van der Waals surface area contributed by atoms with E-state index in [1.807, 2.05) is 30.3 Å². The van der Waals surface area contributed by atoms with Crippen LogP contribution < -0.4 is 0 Å². The van der Waals surface area contributed by atoms with Gasteiger partial charge in [0.05, 0.1) is 0 Å². The van der Waals surface area contributed by atoms with Crippen molar-refractivity contribution in [3.05, 3.63) is 42.2 Å². The molecule has 0 atom stereocenters. The first-order valence-corrected chi connectivity index (χ1v) is 2.94. The van der Waals surface area contributed by atoms with Gasteiger partial charge in [0.2, 0.25) is 0 Å². The van der Waals surface area contributed by atoms with E-state index in [2.05, 4.69) is 4.89 Å². The molecule has 1 aromatic rings. The molecule has 0 aliphatic carbocycles. The van der Waals surface area contributed by atoms with E-state index in [0.29, 0.717) is 0 Å². The van der Waals surface area contributed by atoms with Crippen LogP contribution in [0.1, 0.15) is 5.56 Å². The summed E-state index contributed by atoms with van der Waals surface area (Å²) in [6, 6.07) is 9.47. The van der Waals surface area contributed by atoms with Crippen molar-refractivity contribution >= 4 is 6.08 Å². The van der Waals surface area contributed by atoms with E-state index in [4.69, 9.17) is 0 Å². The molecule has 1 rings (SSSR count). The van der Waals surface area contributed by atoms with Crippen LogP contribution in [0, 0.1) is 0 Å². The fraction of sp³-hybridized carbons (Fsp3) is 0. The van der Waals surface area contributed by atoms with E-state index in [9.17, 15) is 5.26 Å². The lowest BCUT2D eigenvalue weighted by Gasteiger charge is -1.87. The van der Waals surface area contributed by atoms with E-state index < -0.39 is 0 Å². The Morgan fingerprint density at radius 2 is 1.90 bits per heavy atom. The normalized spacial score (nSPS) is 10.1. The molecule has 0 heterocycles. The summed E-state index contributed by atoms with van der Waals surface area (Å²) in [6.45, 7) is 0. The van der Waals surface area contributed by atoms with Crippen LogP contribution in [0.2, 0.25) is 0 Å². The Kier molecular flexibility index (Phi) is 2.52. The summed E-state index contributed by atoms with van der Waals surface area (Å²) in [4.78, 5) is 3.52. The summed E-state index contributed by atoms with van der Waals surface area (Å²) in [7, 11) is 0. The Labute approximate surface area is 59.3 Å². The fourth-order valence-electron chi connectivity index (χ4n) is 0.670. The predicted octanol–water partition coefficient (Wildman–Crippen LogP) is 2.02. The molecular weight excluding hydrogens is 128 g/mol.